The summed E-state index contributed by atoms with van der Waals surface area (Å²) in [5, 5.41) is 4.91. The van der Waals surface area contributed by atoms with Crippen molar-refractivity contribution in [3.63, 3.8) is 0 Å². The van der Waals surface area contributed by atoms with E-state index in [1.807, 2.05) is 115 Å². The Hall–Kier alpha value is -8.75. The number of benzene rings is 8. The largest absolute Gasteiger partial charge is 0.456 e. The van der Waals surface area contributed by atoms with Gasteiger partial charge in [-0.05, 0) is 60.7 Å². The molecule has 0 aliphatic heterocycles. The molecule has 0 unspecified atom stereocenters. The second kappa shape index (κ2) is 13.9. The van der Waals surface area contributed by atoms with Crippen molar-refractivity contribution >= 4 is 65.8 Å². The molecular formula is C55H32N6O2. The van der Waals surface area contributed by atoms with Gasteiger partial charge in [0.05, 0.1) is 11.0 Å². The first kappa shape index (κ1) is 35.0. The maximum Gasteiger partial charge on any atom is 0.180 e. The zero-order valence-corrected chi connectivity index (χ0v) is 33.5. The maximum atomic E-state index is 6.58. The number of hydrogen-bond donors (Lipinski definition) is 0. The average Bonchev–Trinajstić information content (AvgIpc) is 4.04. The van der Waals surface area contributed by atoms with Crippen LogP contribution in [0.1, 0.15) is 0 Å². The lowest BCUT2D eigenvalue weighted by atomic mass is 10.0. The van der Waals surface area contributed by atoms with E-state index in [0.717, 1.165) is 93.7 Å². The Labute approximate surface area is 359 Å². The van der Waals surface area contributed by atoms with Crippen molar-refractivity contribution in [3.05, 3.63) is 194 Å². The van der Waals surface area contributed by atoms with Gasteiger partial charge in [0.2, 0.25) is 0 Å². The summed E-state index contributed by atoms with van der Waals surface area (Å²) < 4.78 is 15.4. The molecule has 8 heteroatoms. The monoisotopic (exact) mass is 808 g/mol. The minimum absolute atomic E-state index is 0.537. The van der Waals surface area contributed by atoms with Crippen LogP contribution in [0.4, 0.5) is 0 Å². The van der Waals surface area contributed by atoms with E-state index in [-0.39, 0.29) is 0 Å². The fourth-order valence-corrected chi connectivity index (χ4v) is 9.06. The van der Waals surface area contributed by atoms with Crippen molar-refractivity contribution in [2.45, 2.75) is 0 Å². The molecule has 0 radical (unpaired) electrons. The fourth-order valence-electron chi connectivity index (χ4n) is 9.06. The van der Waals surface area contributed by atoms with Crippen LogP contribution >= 0.6 is 0 Å². The first-order chi connectivity index (χ1) is 31.2. The molecule has 5 aromatic heterocycles. The first-order valence-electron chi connectivity index (χ1n) is 20.8. The lowest BCUT2D eigenvalue weighted by Gasteiger charge is -2.11. The number of nitrogens with zero attached hydrogens (tertiary/aromatic N) is 6. The molecule has 13 aromatic rings. The standard InChI is InChI=1S/C55H32N6O2/c1-4-16-33(17-5-1)52-56-49(51-50(57-52)38-23-11-13-28-44(38)63-51)35-30-31-45-41(32-35)48-40(25-15-29-46(48)62-45)55-59-53(34-18-6-2-7-19-34)58-54(60-55)39-24-14-27-43-47(39)37-22-10-12-26-42(37)61(43)36-20-8-3-9-21-36/h1-32H. The molecule has 0 aliphatic rings. The summed E-state index contributed by atoms with van der Waals surface area (Å²) in [5.41, 5.74) is 12.0. The predicted molar refractivity (Wildman–Crippen MR) is 251 cm³/mol. The molecular weight excluding hydrogens is 777 g/mol. The van der Waals surface area contributed by atoms with E-state index >= 15 is 0 Å². The molecule has 13 rings (SSSR count). The highest BCUT2D eigenvalue weighted by molar-refractivity contribution is 6.16. The van der Waals surface area contributed by atoms with Gasteiger partial charge in [-0.1, -0.05) is 133 Å². The predicted octanol–water partition coefficient (Wildman–Crippen LogP) is 13.9. The smallest absolute Gasteiger partial charge is 0.180 e. The number of fused-ring (bicyclic) bond motifs is 9. The molecule has 294 valence electrons. The molecule has 0 N–H and O–H groups in total. The van der Waals surface area contributed by atoms with Crippen molar-refractivity contribution in [2.24, 2.45) is 0 Å². The summed E-state index contributed by atoms with van der Waals surface area (Å²) in [6, 6.07) is 65.7. The zero-order chi connectivity index (χ0) is 41.4. The van der Waals surface area contributed by atoms with E-state index in [9.17, 15) is 0 Å². The van der Waals surface area contributed by atoms with Gasteiger partial charge in [0.1, 0.15) is 28.0 Å². The van der Waals surface area contributed by atoms with Crippen LogP contribution in [0, 0.1) is 0 Å². The quantitative estimate of drug-likeness (QED) is 0.165. The van der Waals surface area contributed by atoms with Crippen LogP contribution in [0.25, 0.3) is 128 Å². The second-order valence-corrected chi connectivity index (χ2v) is 15.6. The van der Waals surface area contributed by atoms with Crippen LogP contribution in [-0.2, 0) is 0 Å². The van der Waals surface area contributed by atoms with Gasteiger partial charge in [-0.15, -0.1) is 0 Å². The molecule has 0 spiro atoms. The number of rotatable bonds is 6. The SMILES string of the molecule is c1ccc(-c2nc(-c3cccc4oc5ccc(-c6nc(-c7ccccc7)nc7c6oc6ccccc67)cc5c34)nc(-c3cccc4c3c3ccccc3n4-c3ccccc3)n2)cc1. The third kappa shape index (κ3) is 5.58. The lowest BCUT2D eigenvalue weighted by molar-refractivity contribution is 0.666. The summed E-state index contributed by atoms with van der Waals surface area (Å²) in [6.45, 7) is 0. The zero-order valence-electron chi connectivity index (χ0n) is 33.5. The van der Waals surface area contributed by atoms with Gasteiger partial charge in [0, 0.05) is 60.4 Å². The summed E-state index contributed by atoms with van der Waals surface area (Å²) in [4.78, 5) is 26.0. The van der Waals surface area contributed by atoms with Crippen LogP contribution in [0.5, 0.6) is 0 Å². The highest BCUT2D eigenvalue weighted by atomic mass is 16.3. The number of furan rings is 2. The van der Waals surface area contributed by atoms with E-state index in [1.54, 1.807) is 0 Å². The Morgan fingerprint density at radius 2 is 0.921 bits per heavy atom. The molecule has 0 bridgehead atoms. The Bertz CT molecular complexity index is 3910. The fraction of sp³-hybridized carbons (Fsp3) is 0. The van der Waals surface area contributed by atoms with Gasteiger partial charge in [-0.2, -0.15) is 0 Å². The molecule has 0 amide bonds. The van der Waals surface area contributed by atoms with Gasteiger partial charge in [-0.25, -0.2) is 24.9 Å². The Balaban J connectivity index is 1.05. The van der Waals surface area contributed by atoms with Crippen molar-refractivity contribution < 1.29 is 8.83 Å². The van der Waals surface area contributed by atoms with E-state index in [0.29, 0.717) is 34.6 Å². The second-order valence-electron chi connectivity index (χ2n) is 15.6. The molecule has 8 aromatic carbocycles. The minimum atomic E-state index is 0.537. The highest BCUT2D eigenvalue weighted by Gasteiger charge is 2.23. The van der Waals surface area contributed by atoms with Crippen LogP contribution in [0.2, 0.25) is 0 Å². The third-order valence-electron chi connectivity index (χ3n) is 11.9. The lowest BCUT2D eigenvalue weighted by Crippen LogP contribution is -2.01. The van der Waals surface area contributed by atoms with Crippen molar-refractivity contribution in [2.75, 3.05) is 0 Å². The van der Waals surface area contributed by atoms with Crippen molar-refractivity contribution in [1.82, 2.24) is 29.5 Å². The Morgan fingerprint density at radius 1 is 0.349 bits per heavy atom. The summed E-state index contributed by atoms with van der Waals surface area (Å²) in [5.74, 6) is 2.31. The third-order valence-corrected chi connectivity index (χ3v) is 11.9. The van der Waals surface area contributed by atoms with Gasteiger partial charge < -0.3 is 13.4 Å². The van der Waals surface area contributed by atoms with Gasteiger partial charge in [0.15, 0.2) is 28.9 Å². The van der Waals surface area contributed by atoms with Crippen LogP contribution in [-0.4, -0.2) is 29.5 Å². The van der Waals surface area contributed by atoms with Crippen LogP contribution in [0.3, 0.4) is 0 Å². The van der Waals surface area contributed by atoms with Gasteiger partial charge in [-0.3, -0.25) is 0 Å². The average molecular weight is 809 g/mol. The van der Waals surface area contributed by atoms with Crippen LogP contribution < -0.4 is 0 Å². The molecule has 0 saturated heterocycles. The van der Waals surface area contributed by atoms with E-state index in [1.165, 1.54) is 0 Å². The maximum absolute atomic E-state index is 6.58. The summed E-state index contributed by atoms with van der Waals surface area (Å²) >= 11 is 0. The van der Waals surface area contributed by atoms with Crippen LogP contribution in [0.15, 0.2) is 203 Å². The molecule has 8 nitrogen and oxygen atoms in total. The highest BCUT2D eigenvalue weighted by Crippen LogP contribution is 2.42. The molecule has 0 aliphatic carbocycles. The number of para-hydroxylation sites is 3. The molecule has 63 heavy (non-hydrogen) atoms. The summed E-state index contributed by atoms with van der Waals surface area (Å²) in [6.07, 6.45) is 0. The van der Waals surface area contributed by atoms with E-state index in [2.05, 4.69) is 83.4 Å². The number of hydrogen-bond acceptors (Lipinski definition) is 7. The normalized spacial score (nSPS) is 11.8. The Morgan fingerprint density at radius 3 is 1.68 bits per heavy atom. The van der Waals surface area contributed by atoms with E-state index < -0.39 is 0 Å². The molecule has 0 atom stereocenters. The Kier molecular flexibility index (Phi) is 7.74. The van der Waals surface area contributed by atoms with Gasteiger partial charge >= 0.3 is 0 Å². The van der Waals surface area contributed by atoms with Crippen molar-refractivity contribution in [3.8, 4) is 62.5 Å². The molecule has 0 saturated carbocycles. The number of aromatic nitrogens is 6. The minimum Gasteiger partial charge on any atom is -0.456 e. The molecule has 5 heterocycles. The van der Waals surface area contributed by atoms with Gasteiger partial charge in [0.25, 0.3) is 0 Å². The molecule has 0 fully saturated rings. The van der Waals surface area contributed by atoms with Crippen molar-refractivity contribution in [1.29, 1.82) is 0 Å². The topological polar surface area (TPSA) is 95.7 Å². The van der Waals surface area contributed by atoms with E-state index in [4.69, 9.17) is 33.8 Å². The summed E-state index contributed by atoms with van der Waals surface area (Å²) in [7, 11) is 0. The first-order valence-corrected chi connectivity index (χ1v) is 20.8.